The van der Waals surface area contributed by atoms with E-state index in [0.717, 1.165) is 0 Å². The van der Waals surface area contributed by atoms with Crippen LogP contribution < -0.4 is 17.0 Å². The predicted octanol–water partition coefficient (Wildman–Crippen LogP) is -1.38. The molecule has 0 N–H and O–H groups in total. The van der Waals surface area contributed by atoms with Crippen LogP contribution in [0.25, 0.3) is 0 Å². The van der Waals surface area contributed by atoms with Gasteiger partial charge >= 0.3 is 0 Å². The smallest absolute Gasteiger partial charge is 0 e. The largest absolute Gasteiger partial charge is 1.00 e. The van der Waals surface area contributed by atoms with Gasteiger partial charge in [-0.05, 0) is 6.42 Å². The third kappa shape index (κ3) is 19.4. The molecule has 0 saturated heterocycles. The van der Waals surface area contributed by atoms with Crippen molar-refractivity contribution in [2.45, 2.75) is 20.3 Å². The van der Waals surface area contributed by atoms with E-state index in [1.807, 2.05) is 0 Å². The number of hydrogen-bond donors (Lipinski definition) is 0. The van der Waals surface area contributed by atoms with Crippen LogP contribution in [0.4, 0.5) is 0 Å². The summed E-state index contributed by atoms with van der Waals surface area (Å²) >= 11 is 0. The molecule has 0 heterocycles. The average molecular weight is 202 g/mol. The van der Waals surface area contributed by atoms with Crippen LogP contribution in [0.1, 0.15) is 20.3 Å². The summed E-state index contributed by atoms with van der Waals surface area (Å²) in [7, 11) is 0. The molecule has 35 valence electrons. The molecule has 0 nitrogen and oxygen atoms in total. The fourth-order valence-electron chi connectivity index (χ4n) is 0. The molecule has 0 fully saturated rings. The first-order valence-corrected chi connectivity index (χ1v) is 1.69. The standard InChI is InChI=1S/C4H9.BrH.Zn/c1-3-4-2;;/h3H,4H2,1-2H3;1H;/p-1. The molecule has 0 unspecified atom stereocenters. The first-order chi connectivity index (χ1) is 1.91. The summed E-state index contributed by atoms with van der Waals surface area (Å²) in [6, 6.07) is 0. The summed E-state index contributed by atoms with van der Waals surface area (Å²) in [5.41, 5.74) is 0. The van der Waals surface area contributed by atoms with Crippen LogP contribution in [-0.4, -0.2) is 0 Å². The molecule has 0 atom stereocenters. The zero-order valence-corrected chi connectivity index (χ0v) is 8.92. The van der Waals surface area contributed by atoms with Crippen LogP contribution in [0, 0.1) is 6.42 Å². The molecule has 6 heavy (non-hydrogen) atoms. The molecule has 0 amide bonds. The van der Waals surface area contributed by atoms with Crippen molar-refractivity contribution in [3.05, 3.63) is 6.42 Å². The van der Waals surface area contributed by atoms with E-state index < -0.39 is 0 Å². The van der Waals surface area contributed by atoms with Gasteiger partial charge in [0.25, 0.3) is 0 Å². The average Bonchev–Trinajstić information content (AvgIpc) is 1.37. The van der Waals surface area contributed by atoms with Gasteiger partial charge in [0.05, 0.1) is 0 Å². The third-order valence-electron chi connectivity index (χ3n) is 0.408. The van der Waals surface area contributed by atoms with Crippen molar-refractivity contribution < 1.29 is 36.5 Å². The van der Waals surface area contributed by atoms with Crippen LogP contribution in [0.3, 0.4) is 0 Å². The number of hydrogen-bond acceptors (Lipinski definition) is 0. The Bertz CT molecular complexity index is 9.51. The van der Waals surface area contributed by atoms with E-state index in [-0.39, 0.29) is 36.5 Å². The molecular formula is C4H9BrZn-. The van der Waals surface area contributed by atoms with E-state index in [1.54, 1.807) is 0 Å². The molecular weight excluding hydrogens is 193 g/mol. The van der Waals surface area contributed by atoms with Gasteiger partial charge in [-0.1, -0.05) is 20.3 Å². The number of rotatable bonds is 1. The van der Waals surface area contributed by atoms with Crippen molar-refractivity contribution in [1.29, 1.82) is 0 Å². The molecule has 0 bridgehead atoms. The summed E-state index contributed by atoms with van der Waals surface area (Å²) in [5.74, 6) is 0. The van der Waals surface area contributed by atoms with Crippen molar-refractivity contribution in [3.63, 3.8) is 0 Å². The number of halogens is 1. The van der Waals surface area contributed by atoms with Crippen LogP contribution in [-0.2, 0) is 19.5 Å². The Morgan fingerprint density at radius 3 is 1.67 bits per heavy atom. The Labute approximate surface area is 63.2 Å². The monoisotopic (exact) mass is 200 g/mol. The summed E-state index contributed by atoms with van der Waals surface area (Å²) in [5, 5.41) is 0. The Morgan fingerprint density at radius 1 is 1.50 bits per heavy atom. The molecule has 0 aromatic heterocycles. The normalized spacial score (nSPS) is 5.00. The van der Waals surface area contributed by atoms with Gasteiger partial charge in [-0.15, -0.1) is 0 Å². The molecule has 0 aromatic rings. The van der Waals surface area contributed by atoms with Gasteiger partial charge in [0.15, 0.2) is 0 Å². The van der Waals surface area contributed by atoms with E-state index in [1.165, 1.54) is 6.42 Å². The maximum absolute atomic E-state index is 2.12. The van der Waals surface area contributed by atoms with Crippen molar-refractivity contribution in [2.75, 3.05) is 0 Å². The second kappa shape index (κ2) is 16.5. The van der Waals surface area contributed by atoms with Crippen LogP contribution in [0.5, 0.6) is 0 Å². The Morgan fingerprint density at radius 2 is 1.67 bits per heavy atom. The maximum Gasteiger partial charge on any atom is 0 e. The molecule has 1 radical (unpaired) electrons. The van der Waals surface area contributed by atoms with E-state index in [0.29, 0.717) is 0 Å². The summed E-state index contributed by atoms with van der Waals surface area (Å²) < 4.78 is 0. The maximum atomic E-state index is 2.12. The zero-order valence-electron chi connectivity index (χ0n) is 4.37. The van der Waals surface area contributed by atoms with Crippen LogP contribution >= 0.6 is 0 Å². The van der Waals surface area contributed by atoms with Gasteiger partial charge in [0, 0.05) is 19.5 Å². The van der Waals surface area contributed by atoms with Crippen LogP contribution in [0.2, 0.25) is 0 Å². The molecule has 0 saturated carbocycles. The Balaban J connectivity index is -0.0000000450. The zero-order chi connectivity index (χ0) is 3.41. The quantitative estimate of drug-likeness (QED) is 0.460. The van der Waals surface area contributed by atoms with Gasteiger partial charge < -0.3 is 17.0 Å². The topological polar surface area (TPSA) is 0 Å². The minimum absolute atomic E-state index is 0. The van der Waals surface area contributed by atoms with Crippen LogP contribution in [0.15, 0.2) is 0 Å². The molecule has 0 spiro atoms. The molecule has 0 aliphatic heterocycles. The van der Waals surface area contributed by atoms with Gasteiger partial charge in [0.2, 0.25) is 0 Å². The third-order valence-corrected chi connectivity index (χ3v) is 0.408. The first kappa shape index (κ1) is 15.7. The van der Waals surface area contributed by atoms with E-state index >= 15 is 0 Å². The van der Waals surface area contributed by atoms with Crippen molar-refractivity contribution in [2.24, 2.45) is 0 Å². The van der Waals surface area contributed by atoms with E-state index in [9.17, 15) is 0 Å². The molecule has 0 aliphatic rings. The SMILES string of the molecule is C[CH]CC.[Br-].[Zn]. The second-order valence-corrected chi connectivity index (χ2v) is 0.816. The molecule has 0 aliphatic carbocycles. The van der Waals surface area contributed by atoms with Gasteiger partial charge in [0.1, 0.15) is 0 Å². The number of unbranched alkanes of at least 4 members (excludes halogenated alkanes) is 1. The molecule has 0 rings (SSSR count). The van der Waals surface area contributed by atoms with E-state index in [4.69, 9.17) is 0 Å². The first-order valence-electron chi connectivity index (χ1n) is 1.69. The minimum Gasteiger partial charge on any atom is -1.00 e. The fraction of sp³-hybridized carbons (Fsp3) is 0.750. The summed E-state index contributed by atoms with van der Waals surface area (Å²) in [6.45, 7) is 4.18. The van der Waals surface area contributed by atoms with Gasteiger partial charge in [-0.2, -0.15) is 0 Å². The van der Waals surface area contributed by atoms with E-state index in [2.05, 4.69) is 20.3 Å². The second-order valence-electron chi connectivity index (χ2n) is 0.816. The van der Waals surface area contributed by atoms with Crippen molar-refractivity contribution >= 4 is 0 Å². The molecule has 2 heteroatoms. The van der Waals surface area contributed by atoms with Crippen molar-refractivity contribution in [3.8, 4) is 0 Å². The molecule has 0 aromatic carbocycles. The Hall–Kier alpha value is 1.10. The van der Waals surface area contributed by atoms with Gasteiger partial charge in [-0.3, -0.25) is 0 Å². The predicted molar refractivity (Wildman–Crippen MR) is 20.3 cm³/mol. The summed E-state index contributed by atoms with van der Waals surface area (Å²) in [4.78, 5) is 0. The van der Waals surface area contributed by atoms with Crippen molar-refractivity contribution in [1.82, 2.24) is 0 Å². The minimum atomic E-state index is 0. The Kier molecular flexibility index (Phi) is 43.2. The fourth-order valence-corrected chi connectivity index (χ4v) is 0. The van der Waals surface area contributed by atoms with Gasteiger partial charge in [-0.25, -0.2) is 0 Å². The summed E-state index contributed by atoms with van der Waals surface area (Å²) in [6.07, 6.45) is 3.32.